The first-order valence-electron chi connectivity index (χ1n) is 7.68. The van der Waals surface area contributed by atoms with Gasteiger partial charge in [-0.3, -0.25) is 0 Å². The fourth-order valence-corrected chi connectivity index (χ4v) is 2.69. The molecular formula is C16H21F3N2O3. The Morgan fingerprint density at radius 1 is 1.33 bits per heavy atom. The first kappa shape index (κ1) is 18.4. The predicted octanol–water partition coefficient (Wildman–Crippen LogP) is 3.63. The summed E-state index contributed by atoms with van der Waals surface area (Å²) in [6, 6.07) is 4.21. The molecule has 2 amide bonds. The van der Waals surface area contributed by atoms with Crippen LogP contribution in [0.3, 0.4) is 0 Å². The van der Waals surface area contributed by atoms with E-state index in [4.69, 9.17) is 9.47 Å². The minimum Gasteiger partial charge on any atom is -0.484 e. The van der Waals surface area contributed by atoms with Crippen molar-refractivity contribution >= 4 is 11.7 Å². The number of hydrogen-bond donors (Lipinski definition) is 2. The maximum Gasteiger partial charge on any atom is 0.422 e. The van der Waals surface area contributed by atoms with Gasteiger partial charge in [-0.2, -0.15) is 13.2 Å². The van der Waals surface area contributed by atoms with E-state index in [0.29, 0.717) is 11.3 Å². The highest BCUT2D eigenvalue weighted by Crippen LogP contribution is 2.27. The zero-order chi connectivity index (χ0) is 17.7. The Hall–Kier alpha value is -1.96. The van der Waals surface area contributed by atoms with Crippen LogP contribution in [0.5, 0.6) is 5.75 Å². The lowest BCUT2D eigenvalue weighted by Crippen LogP contribution is -2.36. The number of amides is 2. The van der Waals surface area contributed by atoms with Gasteiger partial charge in [-0.25, -0.2) is 4.79 Å². The molecule has 0 bridgehead atoms. The van der Waals surface area contributed by atoms with Gasteiger partial charge in [0.15, 0.2) is 6.61 Å². The van der Waals surface area contributed by atoms with Crippen molar-refractivity contribution < 1.29 is 27.4 Å². The van der Waals surface area contributed by atoms with Crippen molar-refractivity contribution in [2.45, 2.75) is 44.5 Å². The van der Waals surface area contributed by atoms with Crippen molar-refractivity contribution in [3.8, 4) is 5.75 Å². The molecule has 1 saturated carbocycles. The van der Waals surface area contributed by atoms with Crippen molar-refractivity contribution in [3.05, 3.63) is 23.8 Å². The van der Waals surface area contributed by atoms with Gasteiger partial charge in [0.25, 0.3) is 0 Å². The van der Waals surface area contributed by atoms with Gasteiger partial charge in [0.1, 0.15) is 5.75 Å². The summed E-state index contributed by atoms with van der Waals surface area (Å²) in [6.45, 7) is 0.224. The minimum atomic E-state index is -4.41. The molecule has 0 saturated heterocycles. The Morgan fingerprint density at radius 2 is 2.08 bits per heavy atom. The standard InChI is InChI=1S/C16H21F3N2O3/c1-10-13(4-3-5-14(10)24-9-16(17,18)19)21-15(22)20-11-6-7-12(8-11)23-2/h3-5,11-12H,6-9H2,1-2H3,(H2,20,21,22)/t11-,12-/m1/s1. The van der Waals surface area contributed by atoms with Crippen LogP contribution in [0.4, 0.5) is 23.7 Å². The topological polar surface area (TPSA) is 59.6 Å². The lowest BCUT2D eigenvalue weighted by molar-refractivity contribution is -0.153. The molecule has 0 aromatic heterocycles. The third kappa shape index (κ3) is 5.30. The van der Waals surface area contributed by atoms with Crippen LogP contribution in [0, 0.1) is 6.92 Å². The molecule has 5 nitrogen and oxygen atoms in total. The van der Waals surface area contributed by atoms with Gasteiger partial charge in [0, 0.05) is 24.4 Å². The lowest BCUT2D eigenvalue weighted by Gasteiger charge is -2.17. The molecule has 2 atom stereocenters. The van der Waals surface area contributed by atoms with E-state index in [1.807, 2.05) is 0 Å². The first-order valence-corrected chi connectivity index (χ1v) is 7.68. The quantitative estimate of drug-likeness (QED) is 0.856. The van der Waals surface area contributed by atoms with E-state index in [9.17, 15) is 18.0 Å². The monoisotopic (exact) mass is 346 g/mol. The average Bonchev–Trinajstić information content (AvgIpc) is 2.94. The molecule has 1 aliphatic carbocycles. The molecule has 24 heavy (non-hydrogen) atoms. The molecular weight excluding hydrogens is 325 g/mol. The van der Waals surface area contributed by atoms with Crippen molar-refractivity contribution in [2.24, 2.45) is 0 Å². The Bertz CT molecular complexity index is 578. The van der Waals surface area contributed by atoms with E-state index < -0.39 is 18.8 Å². The maximum atomic E-state index is 12.3. The molecule has 0 spiro atoms. The lowest BCUT2D eigenvalue weighted by atomic mass is 10.2. The highest BCUT2D eigenvalue weighted by atomic mass is 19.4. The molecule has 0 unspecified atom stereocenters. The molecule has 1 aromatic carbocycles. The predicted molar refractivity (Wildman–Crippen MR) is 83.3 cm³/mol. The van der Waals surface area contributed by atoms with E-state index in [2.05, 4.69) is 10.6 Å². The third-order valence-corrected chi connectivity index (χ3v) is 3.98. The molecule has 2 N–H and O–H groups in total. The van der Waals surface area contributed by atoms with Crippen LogP contribution < -0.4 is 15.4 Å². The first-order chi connectivity index (χ1) is 11.3. The van der Waals surface area contributed by atoms with Crippen LogP contribution >= 0.6 is 0 Å². The van der Waals surface area contributed by atoms with E-state index in [1.165, 1.54) is 12.1 Å². The number of urea groups is 1. The number of anilines is 1. The summed E-state index contributed by atoms with van der Waals surface area (Å²) in [7, 11) is 1.64. The van der Waals surface area contributed by atoms with Crippen LogP contribution in [0.15, 0.2) is 18.2 Å². The zero-order valence-corrected chi connectivity index (χ0v) is 13.6. The van der Waals surface area contributed by atoms with Gasteiger partial charge in [0.2, 0.25) is 0 Å². The Morgan fingerprint density at radius 3 is 2.71 bits per heavy atom. The van der Waals surface area contributed by atoms with Crippen molar-refractivity contribution in [1.82, 2.24) is 5.32 Å². The number of methoxy groups -OCH3 is 1. The number of carbonyl (C=O) groups excluding carboxylic acids is 1. The fourth-order valence-electron chi connectivity index (χ4n) is 2.69. The molecule has 8 heteroatoms. The number of hydrogen-bond acceptors (Lipinski definition) is 3. The van der Waals surface area contributed by atoms with Crippen molar-refractivity contribution in [1.29, 1.82) is 0 Å². The smallest absolute Gasteiger partial charge is 0.422 e. The molecule has 1 fully saturated rings. The molecule has 134 valence electrons. The number of rotatable bonds is 5. The average molecular weight is 346 g/mol. The van der Waals surface area contributed by atoms with E-state index in [-0.39, 0.29) is 17.9 Å². The fraction of sp³-hybridized carbons (Fsp3) is 0.562. The molecule has 0 radical (unpaired) electrons. The van der Waals surface area contributed by atoms with Gasteiger partial charge < -0.3 is 20.1 Å². The maximum absolute atomic E-state index is 12.3. The van der Waals surface area contributed by atoms with Gasteiger partial charge in [0.05, 0.1) is 6.10 Å². The number of nitrogens with one attached hydrogen (secondary N) is 2. The van der Waals surface area contributed by atoms with Gasteiger partial charge >= 0.3 is 12.2 Å². The number of alkyl halides is 3. The number of ether oxygens (including phenoxy) is 2. The van der Waals surface area contributed by atoms with Crippen LogP contribution in [0.2, 0.25) is 0 Å². The summed E-state index contributed by atoms with van der Waals surface area (Å²) in [5.74, 6) is 0.0884. The van der Waals surface area contributed by atoms with Crippen LogP contribution in [0.1, 0.15) is 24.8 Å². The summed E-state index contributed by atoms with van der Waals surface area (Å²) in [5.41, 5.74) is 0.853. The molecule has 2 rings (SSSR count). The highest BCUT2D eigenvalue weighted by Gasteiger charge is 2.29. The normalized spacial score (nSPS) is 20.7. The Kier molecular flexibility index (Phi) is 5.93. The second-order valence-electron chi connectivity index (χ2n) is 5.80. The van der Waals surface area contributed by atoms with Crippen LogP contribution in [-0.2, 0) is 4.74 Å². The van der Waals surface area contributed by atoms with Crippen molar-refractivity contribution in [2.75, 3.05) is 19.0 Å². The highest BCUT2D eigenvalue weighted by molar-refractivity contribution is 5.90. The Labute approximate surface area is 138 Å². The third-order valence-electron chi connectivity index (χ3n) is 3.98. The van der Waals surface area contributed by atoms with Gasteiger partial charge in [-0.1, -0.05) is 6.07 Å². The zero-order valence-electron chi connectivity index (χ0n) is 13.6. The van der Waals surface area contributed by atoms with E-state index in [0.717, 1.165) is 19.3 Å². The molecule has 0 heterocycles. The van der Waals surface area contributed by atoms with Crippen LogP contribution in [-0.4, -0.2) is 38.1 Å². The number of carbonyl (C=O) groups is 1. The molecule has 0 aliphatic heterocycles. The van der Waals surface area contributed by atoms with E-state index in [1.54, 1.807) is 20.1 Å². The number of benzene rings is 1. The van der Waals surface area contributed by atoms with Gasteiger partial charge in [-0.05, 0) is 38.3 Å². The minimum absolute atomic E-state index is 0.0277. The molecule has 1 aromatic rings. The van der Waals surface area contributed by atoms with Crippen molar-refractivity contribution in [3.63, 3.8) is 0 Å². The van der Waals surface area contributed by atoms with Gasteiger partial charge in [-0.15, -0.1) is 0 Å². The summed E-state index contributed by atoms with van der Waals surface area (Å²) in [4.78, 5) is 12.1. The summed E-state index contributed by atoms with van der Waals surface area (Å²) < 4.78 is 46.8. The second-order valence-corrected chi connectivity index (χ2v) is 5.80. The molecule has 1 aliphatic rings. The SMILES string of the molecule is CO[C@@H]1CC[C@@H](NC(=O)Nc2cccc(OCC(F)(F)F)c2C)C1. The summed E-state index contributed by atoms with van der Waals surface area (Å²) >= 11 is 0. The number of halogens is 3. The van der Waals surface area contributed by atoms with Crippen LogP contribution in [0.25, 0.3) is 0 Å². The largest absolute Gasteiger partial charge is 0.484 e. The second kappa shape index (κ2) is 7.74. The Balaban J connectivity index is 1.93. The van der Waals surface area contributed by atoms with E-state index >= 15 is 0 Å². The summed E-state index contributed by atoms with van der Waals surface area (Å²) in [5, 5.41) is 5.50. The summed E-state index contributed by atoms with van der Waals surface area (Å²) in [6.07, 6.45) is -1.79.